The van der Waals surface area contributed by atoms with Gasteiger partial charge in [-0.2, -0.15) is 0 Å². The summed E-state index contributed by atoms with van der Waals surface area (Å²) < 4.78 is 22.1. The third kappa shape index (κ3) is 5.65. The number of esters is 1. The van der Waals surface area contributed by atoms with Crippen molar-refractivity contribution >= 4 is 14.3 Å². The Morgan fingerprint density at radius 3 is 2.41 bits per heavy atom. The molecule has 164 valence electrons. The molecule has 0 unspecified atom stereocenters. The predicted molar refractivity (Wildman–Crippen MR) is 111 cm³/mol. The van der Waals surface area contributed by atoms with E-state index in [1.165, 1.54) is 7.11 Å². The van der Waals surface area contributed by atoms with Crippen molar-refractivity contribution < 1.29 is 33.6 Å². The van der Waals surface area contributed by atoms with Crippen molar-refractivity contribution in [1.29, 1.82) is 0 Å². The first-order valence-electron chi connectivity index (χ1n) is 9.82. The van der Waals surface area contributed by atoms with Crippen LogP contribution in [-0.4, -0.2) is 68.7 Å². The Morgan fingerprint density at radius 2 is 1.86 bits per heavy atom. The fraction of sp³-hybridized carbons (Fsp3) is 0.667. The number of aliphatic hydroxyl groups is 2. The van der Waals surface area contributed by atoms with Crippen molar-refractivity contribution in [1.82, 2.24) is 0 Å². The number of benzene rings is 1. The van der Waals surface area contributed by atoms with E-state index < -0.39 is 38.2 Å². The van der Waals surface area contributed by atoms with Crippen molar-refractivity contribution in [2.45, 2.75) is 69.4 Å². The molecule has 0 aromatic heterocycles. The summed E-state index contributed by atoms with van der Waals surface area (Å²) in [6.07, 6.45) is -3.41. The van der Waals surface area contributed by atoms with Crippen LogP contribution in [0.5, 0.6) is 0 Å². The minimum Gasteiger partial charge on any atom is -0.467 e. The third-order valence-corrected chi connectivity index (χ3v) is 10.3. The molecule has 0 bridgehead atoms. The summed E-state index contributed by atoms with van der Waals surface area (Å²) in [5, 5.41) is 20.8. The van der Waals surface area contributed by atoms with Crippen LogP contribution in [0.25, 0.3) is 0 Å². The molecule has 29 heavy (non-hydrogen) atoms. The van der Waals surface area contributed by atoms with Crippen molar-refractivity contribution in [3.63, 3.8) is 0 Å². The Balaban J connectivity index is 1.94. The number of methoxy groups -OCH3 is 1. The lowest BCUT2D eigenvalue weighted by molar-refractivity contribution is -0.148. The normalized spacial score (nSPS) is 24.1. The lowest BCUT2D eigenvalue weighted by Crippen LogP contribution is -2.48. The molecule has 0 aliphatic carbocycles. The summed E-state index contributed by atoms with van der Waals surface area (Å²) in [6, 6.07) is 9.52. The molecule has 1 aliphatic heterocycles. The SMILES string of the molecule is COC(=O)[C@@]1(CO[Si](C)(C)C(C)(C)C)O[C@H]1[C@H](O)[C@@H](O)COCc1ccccc1. The van der Waals surface area contributed by atoms with Gasteiger partial charge in [0.1, 0.15) is 18.3 Å². The maximum atomic E-state index is 12.4. The highest BCUT2D eigenvalue weighted by Crippen LogP contribution is 2.44. The minimum atomic E-state index is -2.14. The summed E-state index contributed by atoms with van der Waals surface area (Å²) in [6.45, 7) is 10.6. The Labute approximate surface area is 174 Å². The van der Waals surface area contributed by atoms with E-state index in [4.69, 9.17) is 18.6 Å². The Kier molecular flexibility index (Phi) is 7.64. The van der Waals surface area contributed by atoms with Crippen LogP contribution in [0.1, 0.15) is 26.3 Å². The van der Waals surface area contributed by atoms with Gasteiger partial charge >= 0.3 is 5.97 Å². The Bertz CT molecular complexity index is 673. The molecule has 0 amide bonds. The zero-order chi connectivity index (χ0) is 21.9. The summed E-state index contributed by atoms with van der Waals surface area (Å²) in [4.78, 5) is 12.4. The monoisotopic (exact) mass is 426 g/mol. The van der Waals surface area contributed by atoms with Crippen LogP contribution in [0, 0.1) is 0 Å². The van der Waals surface area contributed by atoms with Crippen molar-refractivity contribution in [2.24, 2.45) is 0 Å². The zero-order valence-corrected chi connectivity index (χ0v) is 19.2. The molecule has 2 rings (SSSR count). The predicted octanol–water partition coefficient (Wildman–Crippen LogP) is 2.26. The van der Waals surface area contributed by atoms with E-state index >= 15 is 0 Å². The molecular formula is C21H34O7Si. The second-order valence-electron chi connectivity index (χ2n) is 9.03. The number of carbonyl (C=O) groups excluding carboxylic acids is 1. The number of epoxide rings is 1. The highest BCUT2D eigenvalue weighted by atomic mass is 28.4. The maximum Gasteiger partial charge on any atom is 0.343 e. The molecule has 8 heteroatoms. The number of rotatable bonds is 10. The first-order valence-corrected chi connectivity index (χ1v) is 12.7. The lowest BCUT2D eigenvalue weighted by atomic mass is 9.99. The van der Waals surface area contributed by atoms with Gasteiger partial charge in [-0.3, -0.25) is 0 Å². The molecule has 1 fully saturated rings. The standard InChI is InChI=1S/C21H34O7Si/c1-20(2,3)29(5,6)27-14-21(19(24)25-4)18(28-21)17(23)16(22)13-26-12-15-10-8-7-9-11-15/h7-11,16-18,22-23H,12-14H2,1-6H3/t16-,17+,18-,21-/m0/s1. The quantitative estimate of drug-likeness (QED) is 0.336. The molecule has 7 nitrogen and oxygen atoms in total. The number of hydrogen-bond acceptors (Lipinski definition) is 7. The van der Waals surface area contributed by atoms with Crippen LogP contribution in [0.4, 0.5) is 0 Å². The van der Waals surface area contributed by atoms with Gasteiger partial charge in [-0.15, -0.1) is 0 Å². The van der Waals surface area contributed by atoms with Gasteiger partial charge in [0.25, 0.3) is 0 Å². The average molecular weight is 427 g/mol. The molecule has 1 aromatic rings. The average Bonchev–Trinajstić information content (AvgIpc) is 3.41. The molecule has 1 heterocycles. The maximum absolute atomic E-state index is 12.4. The fourth-order valence-electron chi connectivity index (χ4n) is 2.73. The van der Waals surface area contributed by atoms with Crippen molar-refractivity contribution in [3.8, 4) is 0 Å². The molecule has 1 aliphatic rings. The Hall–Kier alpha value is -1.29. The van der Waals surface area contributed by atoms with Crippen LogP contribution in [0.3, 0.4) is 0 Å². The van der Waals surface area contributed by atoms with E-state index in [2.05, 4.69) is 33.9 Å². The fourth-order valence-corrected chi connectivity index (χ4v) is 3.73. The minimum absolute atomic E-state index is 0.0184. The van der Waals surface area contributed by atoms with Gasteiger partial charge in [-0.05, 0) is 23.7 Å². The second-order valence-corrected chi connectivity index (χ2v) is 13.8. The molecule has 1 aromatic carbocycles. The van der Waals surface area contributed by atoms with Gasteiger partial charge in [-0.25, -0.2) is 4.79 Å². The van der Waals surface area contributed by atoms with E-state index in [1.807, 2.05) is 30.3 Å². The molecule has 0 saturated carbocycles. The highest BCUT2D eigenvalue weighted by molar-refractivity contribution is 6.74. The van der Waals surface area contributed by atoms with E-state index in [1.54, 1.807) is 0 Å². The van der Waals surface area contributed by atoms with Crippen molar-refractivity contribution in [2.75, 3.05) is 20.3 Å². The molecular weight excluding hydrogens is 392 g/mol. The van der Waals surface area contributed by atoms with Crippen LogP contribution in [0.2, 0.25) is 18.1 Å². The van der Waals surface area contributed by atoms with E-state index in [-0.39, 0.29) is 18.3 Å². The smallest absolute Gasteiger partial charge is 0.343 e. The topological polar surface area (TPSA) is 97.8 Å². The number of carbonyl (C=O) groups is 1. The molecule has 4 atom stereocenters. The Morgan fingerprint density at radius 1 is 1.24 bits per heavy atom. The largest absolute Gasteiger partial charge is 0.467 e. The molecule has 2 N–H and O–H groups in total. The first kappa shape index (κ1) is 24.0. The third-order valence-electron chi connectivity index (χ3n) is 5.83. The first-order chi connectivity index (χ1) is 13.4. The van der Waals surface area contributed by atoms with E-state index in [0.29, 0.717) is 6.61 Å². The number of ether oxygens (including phenoxy) is 3. The summed E-state index contributed by atoms with van der Waals surface area (Å²) in [5.41, 5.74) is -0.437. The van der Waals surface area contributed by atoms with Crippen LogP contribution in [-0.2, 0) is 30.0 Å². The van der Waals surface area contributed by atoms with Crippen LogP contribution >= 0.6 is 0 Å². The van der Waals surface area contributed by atoms with Gasteiger partial charge in [0.15, 0.2) is 8.32 Å². The zero-order valence-electron chi connectivity index (χ0n) is 18.2. The van der Waals surface area contributed by atoms with Gasteiger partial charge in [-0.1, -0.05) is 51.1 Å². The molecule has 0 radical (unpaired) electrons. The molecule has 0 spiro atoms. The molecule has 1 saturated heterocycles. The van der Waals surface area contributed by atoms with E-state index in [9.17, 15) is 15.0 Å². The highest BCUT2D eigenvalue weighted by Gasteiger charge is 2.68. The van der Waals surface area contributed by atoms with Gasteiger partial charge in [0, 0.05) is 0 Å². The van der Waals surface area contributed by atoms with Crippen LogP contribution < -0.4 is 0 Å². The summed E-state index contributed by atoms with van der Waals surface area (Å²) in [5.74, 6) is -0.613. The number of aliphatic hydroxyl groups excluding tert-OH is 2. The van der Waals surface area contributed by atoms with Gasteiger partial charge < -0.3 is 28.8 Å². The van der Waals surface area contributed by atoms with Gasteiger partial charge in [0.05, 0.1) is 26.9 Å². The van der Waals surface area contributed by atoms with E-state index in [0.717, 1.165) is 5.56 Å². The summed E-state index contributed by atoms with van der Waals surface area (Å²) in [7, 11) is -0.875. The van der Waals surface area contributed by atoms with Crippen LogP contribution in [0.15, 0.2) is 30.3 Å². The second kappa shape index (κ2) is 9.24. The number of hydrogen-bond donors (Lipinski definition) is 2. The van der Waals surface area contributed by atoms with Gasteiger partial charge in [0.2, 0.25) is 5.60 Å². The lowest BCUT2D eigenvalue weighted by Gasteiger charge is -2.36. The van der Waals surface area contributed by atoms with Crippen molar-refractivity contribution in [3.05, 3.63) is 35.9 Å². The summed E-state index contributed by atoms with van der Waals surface area (Å²) >= 11 is 0.